The van der Waals surface area contributed by atoms with Crippen molar-refractivity contribution in [3.05, 3.63) is 81.0 Å². The van der Waals surface area contributed by atoms with Crippen LogP contribution in [0.5, 0.6) is 0 Å². The molecule has 1 saturated heterocycles. The van der Waals surface area contributed by atoms with Gasteiger partial charge in [0.15, 0.2) is 11.2 Å². The Morgan fingerprint density at radius 3 is 2.59 bits per heavy atom. The summed E-state index contributed by atoms with van der Waals surface area (Å²) >= 11 is 0. The third kappa shape index (κ3) is 3.62. The Labute approximate surface area is 185 Å². The molecule has 0 saturated carbocycles. The predicted octanol–water partition coefficient (Wildman–Crippen LogP) is 1.94. The van der Waals surface area contributed by atoms with Crippen molar-refractivity contribution in [3.63, 3.8) is 0 Å². The van der Waals surface area contributed by atoms with Crippen LogP contribution in [0.2, 0.25) is 0 Å². The molecule has 2 aromatic heterocycles. The van der Waals surface area contributed by atoms with Crippen LogP contribution in [0.1, 0.15) is 12.0 Å². The highest BCUT2D eigenvalue weighted by Gasteiger charge is 2.23. The van der Waals surface area contributed by atoms with E-state index in [9.17, 15) is 9.59 Å². The van der Waals surface area contributed by atoms with E-state index in [0.29, 0.717) is 17.7 Å². The summed E-state index contributed by atoms with van der Waals surface area (Å²) < 4.78 is 3.37. The van der Waals surface area contributed by atoms with Gasteiger partial charge in [0.05, 0.1) is 6.54 Å². The number of benzene rings is 2. The molecular weight excluding hydrogens is 404 g/mol. The first kappa shape index (κ1) is 20.3. The zero-order valence-electron chi connectivity index (χ0n) is 18.0. The molecule has 164 valence electrons. The highest BCUT2D eigenvalue weighted by molar-refractivity contribution is 5.75. The van der Waals surface area contributed by atoms with Crippen molar-refractivity contribution >= 4 is 17.1 Å². The fraction of sp³-hybridized carbons (Fsp3) is 0.292. The van der Waals surface area contributed by atoms with Crippen LogP contribution in [-0.4, -0.2) is 45.3 Å². The molecule has 1 fully saturated rings. The summed E-state index contributed by atoms with van der Waals surface area (Å²) in [6, 6.07) is 18.4. The molecule has 0 spiro atoms. The molecule has 8 nitrogen and oxygen atoms in total. The monoisotopic (exact) mass is 430 g/mol. The molecular formula is C24H26N6O2. The number of hydrogen-bond donors (Lipinski definition) is 2. The summed E-state index contributed by atoms with van der Waals surface area (Å²) in [5.41, 5.74) is 3.27. The lowest BCUT2D eigenvalue weighted by atomic mass is 10.00. The van der Waals surface area contributed by atoms with Crippen molar-refractivity contribution in [2.75, 3.05) is 31.1 Å². The van der Waals surface area contributed by atoms with Crippen LogP contribution in [0.15, 0.2) is 64.2 Å². The third-order valence-corrected chi connectivity index (χ3v) is 6.04. The maximum Gasteiger partial charge on any atom is 0.329 e. The second kappa shape index (κ2) is 8.47. The fourth-order valence-electron chi connectivity index (χ4n) is 4.39. The Kier molecular flexibility index (Phi) is 5.36. The van der Waals surface area contributed by atoms with Crippen molar-refractivity contribution in [1.29, 1.82) is 0 Å². The van der Waals surface area contributed by atoms with Crippen LogP contribution >= 0.6 is 0 Å². The molecule has 32 heavy (non-hydrogen) atoms. The van der Waals surface area contributed by atoms with Crippen molar-refractivity contribution in [2.24, 2.45) is 7.05 Å². The summed E-state index contributed by atoms with van der Waals surface area (Å²) in [7, 11) is 1.64. The Hall–Kier alpha value is -3.65. The molecule has 0 atom stereocenters. The predicted molar refractivity (Wildman–Crippen MR) is 126 cm³/mol. The Morgan fingerprint density at radius 2 is 1.75 bits per heavy atom. The topological polar surface area (TPSA) is 87.9 Å². The lowest BCUT2D eigenvalue weighted by molar-refractivity contribution is 0.721. The Balaban J connectivity index is 1.70. The van der Waals surface area contributed by atoms with Gasteiger partial charge >= 0.3 is 5.69 Å². The number of anilines is 1. The van der Waals surface area contributed by atoms with Crippen molar-refractivity contribution < 1.29 is 0 Å². The number of nitrogens with zero attached hydrogens (tertiary/aromatic N) is 4. The average molecular weight is 431 g/mol. The van der Waals surface area contributed by atoms with Crippen LogP contribution in [0.25, 0.3) is 22.3 Å². The van der Waals surface area contributed by atoms with E-state index in [-0.39, 0.29) is 0 Å². The summed E-state index contributed by atoms with van der Waals surface area (Å²) in [5.74, 6) is 0.721. The molecule has 0 unspecified atom stereocenters. The fourth-order valence-corrected chi connectivity index (χ4v) is 4.39. The largest absolute Gasteiger partial charge is 0.341 e. The van der Waals surface area contributed by atoms with E-state index >= 15 is 0 Å². The first-order valence-electron chi connectivity index (χ1n) is 10.9. The van der Waals surface area contributed by atoms with E-state index < -0.39 is 11.2 Å². The molecule has 0 aliphatic carbocycles. The molecule has 3 heterocycles. The van der Waals surface area contributed by atoms with Crippen molar-refractivity contribution in [2.45, 2.75) is 13.0 Å². The van der Waals surface area contributed by atoms with Crippen LogP contribution < -0.4 is 21.5 Å². The van der Waals surface area contributed by atoms with Gasteiger partial charge in [-0.2, -0.15) is 4.98 Å². The Bertz CT molecular complexity index is 1360. The quantitative estimate of drug-likeness (QED) is 0.517. The molecule has 4 aromatic rings. The average Bonchev–Trinajstić information content (AvgIpc) is 2.99. The zero-order chi connectivity index (χ0) is 22.1. The minimum absolute atomic E-state index is 0.406. The summed E-state index contributed by atoms with van der Waals surface area (Å²) in [6.07, 6.45) is 0.985. The van der Waals surface area contributed by atoms with Gasteiger partial charge in [-0.25, -0.2) is 4.79 Å². The number of H-pyrrole nitrogens is 1. The standard InChI is InChI=1S/C24H26N6O2/c1-28-21-20(22(31)27-24(28)32)30(23(26-21)29-14-7-12-25-13-15-29)16-18-10-5-6-11-19(18)17-8-3-2-4-9-17/h2-6,8-11,25H,7,12-16H2,1H3,(H,27,31,32). The van der Waals surface area contributed by atoms with Gasteiger partial charge in [0.2, 0.25) is 5.95 Å². The van der Waals surface area contributed by atoms with Crippen molar-refractivity contribution in [1.82, 2.24) is 24.4 Å². The number of hydrogen-bond acceptors (Lipinski definition) is 5. The zero-order valence-corrected chi connectivity index (χ0v) is 18.0. The molecule has 0 bridgehead atoms. The van der Waals surface area contributed by atoms with Crippen LogP contribution in [-0.2, 0) is 13.6 Å². The minimum atomic E-state index is -0.457. The van der Waals surface area contributed by atoms with Gasteiger partial charge in [0.1, 0.15) is 0 Å². The highest BCUT2D eigenvalue weighted by Crippen LogP contribution is 2.27. The summed E-state index contributed by atoms with van der Waals surface area (Å²) in [6.45, 7) is 3.89. The van der Waals surface area contributed by atoms with E-state index in [0.717, 1.165) is 55.2 Å². The number of fused-ring (bicyclic) bond motifs is 1. The van der Waals surface area contributed by atoms with Gasteiger partial charge in [-0.1, -0.05) is 54.6 Å². The first-order chi connectivity index (χ1) is 15.6. The van der Waals surface area contributed by atoms with Crippen molar-refractivity contribution in [3.8, 4) is 11.1 Å². The molecule has 8 heteroatoms. The third-order valence-electron chi connectivity index (χ3n) is 6.04. The molecule has 2 N–H and O–H groups in total. The number of nitrogens with one attached hydrogen (secondary N) is 2. The smallest absolute Gasteiger partial charge is 0.329 e. The first-order valence-corrected chi connectivity index (χ1v) is 10.9. The number of aromatic nitrogens is 4. The molecule has 2 aromatic carbocycles. The number of aromatic amines is 1. The SMILES string of the molecule is Cn1c(=O)[nH]c(=O)c2c1nc(N1CCCNCC1)n2Cc1ccccc1-c1ccccc1. The number of aryl methyl sites for hydroxylation is 1. The van der Waals surface area contributed by atoms with Crippen LogP contribution in [0.3, 0.4) is 0 Å². The van der Waals surface area contributed by atoms with E-state index in [1.807, 2.05) is 34.9 Å². The van der Waals surface area contributed by atoms with Crippen LogP contribution in [0, 0.1) is 0 Å². The maximum absolute atomic E-state index is 12.9. The second-order valence-corrected chi connectivity index (χ2v) is 8.10. The lowest BCUT2D eigenvalue weighted by Crippen LogP contribution is -2.31. The molecule has 1 aliphatic heterocycles. The summed E-state index contributed by atoms with van der Waals surface area (Å²) in [4.78, 5) is 34.6. The molecule has 0 amide bonds. The second-order valence-electron chi connectivity index (χ2n) is 8.10. The molecule has 5 rings (SSSR count). The van der Waals surface area contributed by atoms with E-state index in [2.05, 4.69) is 39.5 Å². The van der Waals surface area contributed by atoms with Gasteiger partial charge in [0.25, 0.3) is 5.56 Å². The normalized spacial score (nSPS) is 14.6. The van der Waals surface area contributed by atoms with Gasteiger partial charge in [-0.05, 0) is 29.7 Å². The van der Waals surface area contributed by atoms with Gasteiger partial charge in [-0.3, -0.25) is 18.9 Å². The van der Waals surface area contributed by atoms with E-state index in [4.69, 9.17) is 4.98 Å². The van der Waals surface area contributed by atoms with Crippen LogP contribution in [0.4, 0.5) is 5.95 Å². The number of imidazole rings is 1. The molecule has 0 radical (unpaired) electrons. The highest BCUT2D eigenvalue weighted by atomic mass is 16.2. The van der Waals surface area contributed by atoms with E-state index in [1.54, 1.807) is 7.05 Å². The van der Waals surface area contributed by atoms with Gasteiger partial charge in [0, 0.05) is 26.7 Å². The van der Waals surface area contributed by atoms with Gasteiger partial charge in [-0.15, -0.1) is 0 Å². The Morgan fingerprint density at radius 1 is 0.969 bits per heavy atom. The molecule has 1 aliphatic rings. The number of rotatable bonds is 4. The van der Waals surface area contributed by atoms with Gasteiger partial charge < -0.3 is 10.2 Å². The lowest BCUT2D eigenvalue weighted by Gasteiger charge is -2.23. The van der Waals surface area contributed by atoms with E-state index in [1.165, 1.54) is 4.57 Å². The maximum atomic E-state index is 12.9. The minimum Gasteiger partial charge on any atom is -0.341 e. The summed E-state index contributed by atoms with van der Waals surface area (Å²) in [5, 5.41) is 3.41.